The highest BCUT2D eigenvalue weighted by Crippen LogP contribution is 2.22. The van der Waals surface area contributed by atoms with Crippen LogP contribution in [0.2, 0.25) is 0 Å². The molecule has 24 heavy (non-hydrogen) atoms. The van der Waals surface area contributed by atoms with Crippen LogP contribution in [-0.4, -0.2) is 11.9 Å². The summed E-state index contributed by atoms with van der Waals surface area (Å²) in [5, 5.41) is 0. The van der Waals surface area contributed by atoms with Crippen molar-refractivity contribution in [2.24, 2.45) is 11.8 Å². The first-order valence-electron chi connectivity index (χ1n) is 10.4. The zero-order chi connectivity index (χ0) is 17.6. The molecule has 0 spiro atoms. The van der Waals surface area contributed by atoms with Crippen molar-refractivity contribution in [3.8, 4) is 0 Å². The highest BCUT2D eigenvalue weighted by Gasteiger charge is 2.32. The maximum atomic E-state index is 11.3. The molecule has 2 atom stereocenters. The monoisotopic (exact) mass is 338 g/mol. The van der Waals surface area contributed by atoms with Gasteiger partial charge in [-0.3, -0.25) is 9.59 Å². The van der Waals surface area contributed by atoms with Gasteiger partial charge in [0.25, 0.3) is 0 Å². The molecule has 140 valence electrons. The van der Waals surface area contributed by atoms with Crippen molar-refractivity contribution in [1.29, 1.82) is 0 Å². The van der Waals surface area contributed by atoms with Crippen LogP contribution in [-0.2, 0) is 14.3 Å². The third-order valence-corrected chi connectivity index (χ3v) is 5.41. The molecule has 3 nitrogen and oxygen atoms in total. The van der Waals surface area contributed by atoms with E-state index in [1.165, 1.54) is 77.0 Å². The van der Waals surface area contributed by atoms with Crippen LogP contribution in [0.1, 0.15) is 110 Å². The molecule has 0 N–H and O–H groups in total. The highest BCUT2D eigenvalue weighted by molar-refractivity contribution is 5.94. The average molecular weight is 339 g/mol. The van der Waals surface area contributed by atoms with Crippen molar-refractivity contribution < 1.29 is 14.3 Å². The Kier molecular flexibility index (Phi) is 11.9. The second kappa shape index (κ2) is 13.4. The van der Waals surface area contributed by atoms with Crippen LogP contribution < -0.4 is 0 Å². The first-order chi connectivity index (χ1) is 11.6. The molecule has 0 aromatic rings. The topological polar surface area (TPSA) is 43.4 Å². The second-order valence-corrected chi connectivity index (χ2v) is 7.67. The molecule has 0 radical (unpaired) electrons. The maximum absolute atomic E-state index is 11.3. The van der Waals surface area contributed by atoms with Crippen LogP contribution in [0.15, 0.2) is 0 Å². The first-order valence-corrected chi connectivity index (χ1v) is 10.4. The van der Waals surface area contributed by atoms with Crippen LogP contribution in [0, 0.1) is 11.8 Å². The van der Waals surface area contributed by atoms with E-state index in [0.717, 1.165) is 18.8 Å². The minimum atomic E-state index is -0.343. The molecule has 1 saturated heterocycles. The molecule has 0 aromatic carbocycles. The summed E-state index contributed by atoms with van der Waals surface area (Å²) >= 11 is 0. The first kappa shape index (κ1) is 21.2. The Morgan fingerprint density at radius 3 is 1.83 bits per heavy atom. The molecule has 0 aliphatic carbocycles. The van der Waals surface area contributed by atoms with Crippen LogP contribution >= 0.6 is 0 Å². The quantitative estimate of drug-likeness (QED) is 0.203. The van der Waals surface area contributed by atoms with E-state index in [1.807, 2.05) is 0 Å². The smallest absolute Gasteiger partial charge is 0.317 e. The van der Waals surface area contributed by atoms with Gasteiger partial charge in [0, 0.05) is 0 Å². The predicted octanol–water partition coefficient (Wildman–Crippen LogP) is 6.19. The zero-order valence-electron chi connectivity index (χ0n) is 16.0. The number of hydrogen-bond acceptors (Lipinski definition) is 3. The van der Waals surface area contributed by atoms with E-state index in [2.05, 4.69) is 18.6 Å². The lowest BCUT2D eigenvalue weighted by molar-refractivity contribution is -0.153. The van der Waals surface area contributed by atoms with Gasteiger partial charge in [0.05, 0.1) is 12.3 Å². The summed E-state index contributed by atoms with van der Waals surface area (Å²) in [6.07, 6.45) is 18.4. The molecule has 1 rings (SSSR count). The lowest BCUT2D eigenvalue weighted by atomic mass is 9.98. The van der Waals surface area contributed by atoms with E-state index in [-0.39, 0.29) is 17.9 Å². The number of unbranched alkanes of at least 4 members (excludes halogenated alkanes) is 10. The number of hydrogen-bond donors (Lipinski definition) is 0. The van der Waals surface area contributed by atoms with Crippen molar-refractivity contribution in [1.82, 2.24) is 0 Å². The van der Waals surface area contributed by atoms with Crippen LogP contribution in [0.25, 0.3) is 0 Å². The molecule has 0 saturated carbocycles. The fourth-order valence-corrected chi connectivity index (χ4v) is 3.42. The fourth-order valence-electron chi connectivity index (χ4n) is 3.42. The van der Waals surface area contributed by atoms with E-state index < -0.39 is 0 Å². The van der Waals surface area contributed by atoms with Crippen LogP contribution in [0.3, 0.4) is 0 Å². The molecule has 0 aromatic heterocycles. The standard InChI is InChI=1S/C21H38O3/c1-3-18(2)15-13-11-9-7-5-4-6-8-10-12-14-16-19-17-20(22)24-21(19)23/h18-19H,3-17H2,1-2H3. The third-order valence-electron chi connectivity index (χ3n) is 5.41. The van der Waals surface area contributed by atoms with E-state index in [9.17, 15) is 9.59 Å². The summed E-state index contributed by atoms with van der Waals surface area (Å²) in [6.45, 7) is 4.65. The van der Waals surface area contributed by atoms with E-state index in [1.54, 1.807) is 0 Å². The third kappa shape index (κ3) is 10.1. The Labute approximate surface area is 148 Å². The van der Waals surface area contributed by atoms with Gasteiger partial charge in [0.2, 0.25) is 0 Å². The molecule has 2 unspecified atom stereocenters. The minimum Gasteiger partial charge on any atom is -0.393 e. The van der Waals surface area contributed by atoms with E-state index >= 15 is 0 Å². The Balaban J connectivity index is 1.76. The fraction of sp³-hybridized carbons (Fsp3) is 0.905. The lowest BCUT2D eigenvalue weighted by Gasteiger charge is -2.07. The summed E-state index contributed by atoms with van der Waals surface area (Å²) in [6, 6.07) is 0. The Bertz CT molecular complexity index is 351. The Hall–Kier alpha value is -0.860. The van der Waals surface area contributed by atoms with Crippen molar-refractivity contribution in [3.05, 3.63) is 0 Å². The number of carbonyl (C=O) groups excluding carboxylic acids is 2. The molecule has 1 fully saturated rings. The van der Waals surface area contributed by atoms with E-state index in [4.69, 9.17) is 0 Å². The molecular formula is C21H38O3. The summed E-state index contributed by atoms with van der Waals surface area (Å²) in [4.78, 5) is 22.3. The van der Waals surface area contributed by atoms with Gasteiger partial charge in [-0.25, -0.2) is 0 Å². The van der Waals surface area contributed by atoms with Gasteiger partial charge in [-0.2, -0.15) is 0 Å². The van der Waals surface area contributed by atoms with Gasteiger partial charge in [0.15, 0.2) is 0 Å². The Morgan fingerprint density at radius 1 is 0.875 bits per heavy atom. The van der Waals surface area contributed by atoms with Crippen molar-refractivity contribution in [3.63, 3.8) is 0 Å². The number of carbonyl (C=O) groups is 2. The predicted molar refractivity (Wildman–Crippen MR) is 98.7 cm³/mol. The SMILES string of the molecule is CCC(C)CCCCCCCCCCCCCC1CC(=O)OC1=O. The van der Waals surface area contributed by atoms with Gasteiger partial charge in [-0.1, -0.05) is 97.3 Å². The Morgan fingerprint density at radius 2 is 1.38 bits per heavy atom. The maximum Gasteiger partial charge on any atom is 0.317 e. The molecule has 3 heteroatoms. The zero-order valence-corrected chi connectivity index (χ0v) is 16.0. The van der Waals surface area contributed by atoms with Gasteiger partial charge in [-0.15, -0.1) is 0 Å². The molecule has 1 heterocycles. The van der Waals surface area contributed by atoms with Crippen LogP contribution in [0.4, 0.5) is 0 Å². The summed E-state index contributed by atoms with van der Waals surface area (Å²) < 4.78 is 4.57. The molecule has 0 bridgehead atoms. The minimum absolute atomic E-state index is 0.155. The van der Waals surface area contributed by atoms with Crippen molar-refractivity contribution in [2.45, 2.75) is 110 Å². The van der Waals surface area contributed by atoms with Crippen molar-refractivity contribution >= 4 is 11.9 Å². The van der Waals surface area contributed by atoms with E-state index in [0.29, 0.717) is 6.42 Å². The normalized spacial score (nSPS) is 18.8. The van der Waals surface area contributed by atoms with Crippen LogP contribution in [0.5, 0.6) is 0 Å². The molecule has 1 aliphatic rings. The number of esters is 2. The number of cyclic esters (lactones) is 2. The number of rotatable bonds is 15. The molecule has 0 amide bonds. The largest absolute Gasteiger partial charge is 0.393 e. The van der Waals surface area contributed by atoms with Gasteiger partial charge in [-0.05, 0) is 12.3 Å². The molecule has 1 aliphatic heterocycles. The van der Waals surface area contributed by atoms with Gasteiger partial charge in [0.1, 0.15) is 0 Å². The summed E-state index contributed by atoms with van der Waals surface area (Å²) in [5.41, 5.74) is 0. The average Bonchev–Trinajstić information content (AvgIpc) is 2.89. The van der Waals surface area contributed by atoms with Crippen molar-refractivity contribution in [2.75, 3.05) is 0 Å². The molecular weight excluding hydrogens is 300 g/mol. The lowest BCUT2D eigenvalue weighted by Crippen LogP contribution is -2.06. The number of ether oxygens (including phenoxy) is 1. The highest BCUT2D eigenvalue weighted by atomic mass is 16.6. The summed E-state index contributed by atoms with van der Waals surface area (Å²) in [7, 11) is 0. The van der Waals surface area contributed by atoms with Gasteiger partial charge < -0.3 is 4.74 Å². The summed E-state index contributed by atoms with van der Waals surface area (Å²) in [5.74, 6) is 0.108. The van der Waals surface area contributed by atoms with Gasteiger partial charge >= 0.3 is 11.9 Å². The second-order valence-electron chi connectivity index (χ2n) is 7.67.